The van der Waals surface area contributed by atoms with Crippen molar-refractivity contribution in [3.8, 4) is 11.5 Å². The Labute approximate surface area is 151 Å². The summed E-state index contributed by atoms with van der Waals surface area (Å²) in [5.41, 5.74) is -0.624. The van der Waals surface area contributed by atoms with Crippen molar-refractivity contribution in [2.24, 2.45) is 0 Å². The number of nitrogens with zero attached hydrogens (tertiary/aromatic N) is 3. The third-order valence-electron chi connectivity index (χ3n) is 3.52. The highest BCUT2D eigenvalue weighted by Gasteiger charge is 2.33. The molecule has 0 bridgehead atoms. The van der Waals surface area contributed by atoms with Gasteiger partial charge in [-0.05, 0) is 23.8 Å². The number of benzene rings is 1. The average Bonchev–Trinajstić information content (AvgIpc) is 3.03. The van der Waals surface area contributed by atoms with Gasteiger partial charge in [0.15, 0.2) is 17.2 Å². The summed E-state index contributed by atoms with van der Waals surface area (Å²) in [6.07, 6.45) is -3.54. The molecule has 0 N–H and O–H groups in total. The second-order valence-electron chi connectivity index (χ2n) is 5.51. The van der Waals surface area contributed by atoms with Crippen LogP contribution in [0.3, 0.4) is 0 Å². The first kappa shape index (κ1) is 20.5. The summed E-state index contributed by atoms with van der Waals surface area (Å²) in [5.74, 6) is -0.601. The second-order valence-corrected chi connectivity index (χ2v) is 5.51. The molecular weight excluding hydrogens is 377 g/mol. The molecule has 27 heavy (non-hydrogen) atoms. The normalized spacial score (nSPS) is 11.6. The molecule has 0 saturated carbocycles. The van der Waals surface area contributed by atoms with Gasteiger partial charge in [-0.15, -0.1) is 0 Å². The van der Waals surface area contributed by atoms with Crippen molar-refractivity contribution in [3.63, 3.8) is 0 Å². The van der Waals surface area contributed by atoms with Crippen LogP contribution in [0.1, 0.15) is 11.3 Å². The largest absolute Gasteiger partial charge is 0.493 e. The van der Waals surface area contributed by atoms with E-state index < -0.39 is 30.9 Å². The molecule has 0 aliphatic rings. The third kappa shape index (κ3) is 5.56. The molecule has 1 aromatic carbocycles. The molecule has 0 aliphatic heterocycles. The smallest absolute Gasteiger partial charge is 0.435 e. The number of aromatic nitrogens is 2. The van der Waals surface area contributed by atoms with Crippen molar-refractivity contribution in [1.29, 1.82) is 0 Å². The van der Waals surface area contributed by atoms with Gasteiger partial charge in [0, 0.05) is 19.8 Å². The quantitative estimate of drug-likeness (QED) is 0.678. The Kier molecular flexibility index (Phi) is 6.24. The maximum atomic E-state index is 12.5. The molecular formula is C16H16F5N3O3. The topological polar surface area (TPSA) is 56.6 Å². The fraction of sp³-hybridized carbons (Fsp3) is 0.375. The standard InChI is InChI=1S/C16H16F5N3O3/c1-23(14(25)9-24-6-5-13(22-24)16(19,20)21)8-10-3-4-11(26-2)12(7-10)27-15(17)18/h3-7,15H,8-9H2,1-2H3. The summed E-state index contributed by atoms with van der Waals surface area (Å²) in [6.45, 7) is -3.42. The van der Waals surface area contributed by atoms with Crippen LogP contribution in [0.15, 0.2) is 30.5 Å². The van der Waals surface area contributed by atoms with Crippen LogP contribution in [0.4, 0.5) is 22.0 Å². The lowest BCUT2D eigenvalue weighted by Gasteiger charge is -2.18. The number of ether oxygens (including phenoxy) is 2. The third-order valence-corrected chi connectivity index (χ3v) is 3.52. The zero-order valence-corrected chi connectivity index (χ0v) is 14.3. The van der Waals surface area contributed by atoms with Gasteiger partial charge in [-0.25, -0.2) is 0 Å². The highest BCUT2D eigenvalue weighted by Crippen LogP contribution is 2.30. The molecule has 11 heteroatoms. The summed E-state index contributed by atoms with van der Waals surface area (Å²) in [4.78, 5) is 13.4. The molecule has 0 atom stereocenters. The minimum Gasteiger partial charge on any atom is -0.493 e. The lowest BCUT2D eigenvalue weighted by atomic mass is 10.2. The van der Waals surface area contributed by atoms with E-state index in [1.807, 2.05) is 0 Å². The van der Waals surface area contributed by atoms with Gasteiger partial charge in [0.05, 0.1) is 7.11 Å². The molecule has 1 amide bonds. The molecule has 0 spiro atoms. The molecule has 0 saturated heterocycles. The van der Waals surface area contributed by atoms with E-state index in [1.54, 1.807) is 6.07 Å². The number of amides is 1. The number of hydrogen-bond donors (Lipinski definition) is 0. The van der Waals surface area contributed by atoms with Crippen molar-refractivity contribution >= 4 is 5.91 Å². The Balaban J connectivity index is 2.04. The van der Waals surface area contributed by atoms with Crippen molar-refractivity contribution < 1.29 is 36.2 Å². The molecule has 1 aromatic heterocycles. The molecule has 148 valence electrons. The summed E-state index contributed by atoms with van der Waals surface area (Å²) in [5, 5.41) is 3.30. The number of hydrogen-bond acceptors (Lipinski definition) is 4. The summed E-state index contributed by atoms with van der Waals surface area (Å²) in [7, 11) is 2.72. The number of alkyl halides is 5. The van der Waals surface area contributed by atoms with E-state index in [9.17, 15) is 26.7 Å². The Bertz CT molecular complexity index is 792. The lowest BCUT2D eigenvalue weighted by molar-refractivity contribution is -0.142. The molecule has 1 heterocycles. The highest BCUT2D eigenvalue weighted by atomic mass is 19.4. The Morgan fingerprint density at radius 2 is 1.96 bits per heavy atom. The minimum atomic E-state index is -4.59. The van der Waals surface area contributed by atoms with Crippen molar-refractivity contribution in [2.75, 3.05) is 14.2 Å². The molecule has 0 radical (unpaired) electrons. The Morgan fingerprint density at radius 1 is 1.26 bits per heavy atom. The number of carbonyl (C=O) groups excluding carboxylic acids is 1. The number of halogens is 5. The maximum Gasteiger partial charge on any atom is 0.435 e. The van der Waals surface area contributed by atoms with E-state index in [1.165, 1.54) is 31.2 Å². The van der Waals surface area contributed by atoms with Gasteiger partial charge >= 0.3 is 12.8 Å². The highest BCUT2D eigenvalue weighted by molar-refractivity contribution is 5.75. The Morgan fingerprint density at radius 3 is 2.52 bits per heavy atom. The molecule has 2 aromatic rings. The maximum absolute atomic E-state index is 12.5. The monoisotopic (exact) mass is 393 g/mol. The molecule has 0 unspecified atom stereocenters. The molecule has 2 rings (SSSR count). The summed E-state index contributed by atoms with van der Waals surface area (Å²) in [6, 6.07) is 5.03. The van der Waals surface area contributed by atoms with E-state index in [4.69, 9.17) is 4.74 Å². The summed E-state index contributed by atoms with van der Waals surface area (Å²) < 4.78 is 72.7. The van der Waals surface area contributed by atoms with Crippen molar-refractivity contribution in [2.45, 2.75) is 25.9 Å². The van der Waals surface area contributed by atoms with Crippen LogP contribution in [-0.4, -0.2) is 41.4 Å². The van der Waals surface area contributed by atoms with E-state index in [2.05, 4.69) is 9.84 Å². The zero-order valence-electron chi connectivity index (χ0n) is 14.3. The number of carbonyl (C=O) groups is 1. The van der Waals surface area contributed by atoms with Crippen LogP contribution in [-0.2, 0) is 24.1 Å². The molecule has 0 aliphatic carbocycles. The number of likely N-dealkylation sites (N-methyl/N-ethyl adjacent to an activating group) is 1. The average molecular weight is 393 g/mol. The molecule has 6 nitrogen and oxygen atoms in total. The summed E-state index contributed by atoms with van der Waals surface area (Å²) >= 11 is 0. The van der Waals surface area contributed by atoms with Crippen LogP contribution in [0.2, 0.25) is 0 Å². The zero-order chi connectivity index (χ0) is 20.2. The predicted molar refractivity (Wildman–Crippen MR) is 83.3 cm³/mol. The van der Waals surface area contributed by atoms with Crippen LogP contribution < -0.4 is 9.47 Å². The van der Waals surface area contributed by atoms with Crippen LogP contribution in [0.5, 0.6) is 11.5 Å². The van der Waals surface area contributed by atoms with Gasteiger partial charge in [-0.2, -0.15) is 27.1 Å². The first-order valence-corrected chi connectivity index (χ1v) is 7.56. The van der Waals surface area contributed by atoms with Gasteiger partial charge in [0.1, 0.15) is 6.54 Å². The first-order valence-electron chi connectivity index (χ1n) is 7.56. The van der Waals surface area contributed by atoms with Gasteiger partial charge in [0.25, 0.3) is 0 Å². The molecule has 0 fully saturated rings. The van der Waals surface area contributed by atoms with Gasteiger partial charge in [-0.3, -0.25) is 9.48 Å². The van der Waals surface area contributed by atoms with Crippen LogP contribution in [0.25, 0.3) is 0 Å². The predicted octanol–water partition coefficient (Wildman–Crippen LogP) is 3.17. The number of rotatable bonds is 7. The van der Waals surface area contributed by atoms with Crippen LogP contribution >= 0.6 is 0 Å². The van der Waals surface area contributed by atoms with E-state index in [-0.39, 0.29) is 18.0 Å². The van der Waals surface area contributed by atoms with E-state index >= 15 is 0 Å². The van der Waals surface area contributed by atoms with E-state index in [0.717, 1.165) is 16.9 Å². The minimum absolute atomic E-state index is 0.0236. The SMILES string of the molecule is COc1ccc(CN(C)C(=O)Cn2ccc(C(F)(F)F)n2)cc1OC(F)F. The van der Waals surface area contributed by atoms with Gasteiger partial charge < -0.3 is 14.4 Å². The van der Waals surface area contributed by atoms with Gasteiger partial charge in [-0.1, -0.05) is 6.07 Å². The number of methoxy groups -OCH3 is 1. The Hall–Kier alpha value is -2.85. The van der Waals surface area contributed by atoms with Crippen LogP contribution in [0, 0.1) is 0 Å². The van der Waals surface area contributed by atoms with E-state index in [0.29, 0.717) is 5.56 Å². The van der Waals surface area contributed by atoms with Gasteiger partial charge in [0.2, 0.25) is 5.91 Å². The van der Waals surface area contributed by atoms with Crippen molar-refractivity contribution in [3.05, 3.63) is 41.7 Å². The second kappa shape index (κ2) is 8.23. The lowest BCUT2D eigenvalue weighted by Crippen LogP contribution is -2.30. The first-order chi connectivity index (χ1) is 12.6. The van der Waals surface area contributed by atoms with Crippen molar-refractivity contribution in [1.82, 2.24) is 14.7 Å². The fourth-order valence-electron chi connectivity index (χ4n) is 2.23. The fourth-order valence-corrected chi connectivity index (χ4v) is 2.23.